The van der Waals surface area contributed by atoms with Crippen LogP contribution in [-0.4, -0.2) is 13.3 Å². The van der Waals surface area contributed by atoms with Crippen molar-refractivity contribution in [3.8, 4) is 11.5 Å². The van der Waals surface area contributed by atoms with Crippen LogP contribution in [-0.2, 0) is 6.42 Å². The summed E-state index contributed by atoms with van der Waals surface area (Å²) in [6.07, 6.45) is 0.963. The summed E-state index contributed by atoms with van der Waals surface area (Å²) in [4.78, 5) is 0. The molecule has 1 aromatic carbocycles. The van der Waals surface area contributed by atoms with Crippen LogP contribution in [0.1, 0.15) is 5.56 Å². The van der Waals surface area contributed by atoms with Crippen molar-refractivity contribution in [2.24, 2.45) is 0 Å². The molecule has 0 atom stereocenters. The number of ether oxygens (including phenoxy) is 2. The van der Waals surface area contributed by atoms with Gasteiger partial charge in [-0.25, -0.2) is 0 Å². The molecule has 0 amide bonds. The summed E-state index contributed by atoms with van der Waals surface area (Å²) >= 11 is 6.15. The molecule has 0 radical (unpaired) electrons. The molecule has 1 aromatic rings. The molecule has 0 aromatic heterocycles. The summed E-state index contributed by atoms with van der Waals surface area (Å²) in [6, 6.07) is 1.95. The van der Waals surface area contributed by atoms with E-state index in [1.54, 1.807) is 0 Å². The highest BCUT2D eigenvalue weighted by atomic mass is 35.5. The predicted molar refractivity (Wildman–Crippen MR) is 49.8 cm³/mol. The Balaban J connectivity index is 2.26. The van der Waals surface area contributed by atoms with E-state index in [4.69, 9.17) is 21.1 Å². The van der Waals surface area contributed by atoms with Crippen LogP contribution in [0.5, 0.6) is 11.5 Å². The smallest absolute Gasteiger partial charge is 0.231 e. The first-order valence-corrected chi connectivity index (χ1v) is 4.59. The number of benzene rings is 1. The zero-order valence-corrected chi connectivity index (χ0v) is 7.65. The van der Waals surface area contributed by atoms with E-state index in [2.05, 4.69) is 5.32 Å². The fourth-order valence-electron chi connectivity index (χ4n) is 1.77. The lowest BCUT2D eigenvalue weighted by Crippen LogP contribution is -1.94. The molecule has 68 valence electrons. The van der Waals surface area contributed by atoms with Gasteiger partial charge in [-0.1, -0.05) is 11.6 Å². The van der Waals surface area contributed by atoms with Crippen molar-refractivity contribution in [2.75, 3.05) is 18.7 Å². The minimum Gasteiger partial charge on any atom is -0.453 e. The van der Waals surface area contributed by atoms with Crippen LogP contribution in [0.4, 0.5) is 5.69 Å². The van der Waals surface area contributed by atoms with E-state index >= 15 is 0 Å². The standard InChI is InChI=1S/C9H8ClNO2/c10-8-5-1-2-11-6(5)3-7-9(8)13-4-12-7/h3,11H,1-2,4H2. The van der Waals surface area contributed by atoms with Crippen molar-refractivity contribution < 1.29 is 9.47 Å². The second-order valence-electron chi connectivity index (χ2n) is 3.13. The van der Waals surface area contributed by atoms with Gasteiger partial charge >= 0.3 is 0 Å². The average molecular weight is 198 g/mol. The maximum absolute atomic E-state index is 6.15. The lowest BCUT2D eigenvalue weighted by molar-refractivity contribution is 0.174. The number of hydrogen-bond acceptors (Lipinski definition) is 3. The summed E-state index contributed by atoms with van der Waals surface area (Å²) in [6.45, 7) is 1.22. The summed E-state index contributed by atoms with van der Waals surface area (Å²) in [7, 11) is 0. The maximum Gasteiger partial charge on any atom is 0.231 e. The Morgan fingerprint density at radius 1 is 1.38 bits per heavy atom. The SMILES string of the molecule is Clc1c2c(cc3c1OCO3)NCC2. The third-order valence-corrected chi connectivity index (χ3v) is 2.80. The van der Waals surface area contributed by atoms with E-state index in [-0.39, 0.29) is 6.79 Å². The van der Waals surface area contributed by atoms with Gasteiger partial charge in [0.15, 0.2) is 11.5 Å². The van der Waals surface area contributed by atoms with Gasteiger partial charge in [-0.2, -0.15) is 0 Å². The molecule has 2 aliphatic heterocycles. The van der Waals surface area contributed by atoms with Gasteiger partial charge in [0.1, 0.15) is 0 Å². The Hall–Kier alpha value is -1.09. The molecule has 0 bridgehead atoms. The summed E-state index contributed by atoms with van der Waals surface area (Å²) in [5, 5.41) is 3.95. The zero-order valence-electron chi connectivity index (χ0n) is 6.89. The monoisotopic (exact) mass is 197 g/mol. The largest absolute Gasteiger partial charge is 0.453 e. The average Bonchev–Trinajstić information content (AvgIpc) is 2.71. The van der Waals surface area contributed by atoms with Crippen molar-refractivity contribution in [2.45, 2.75) is 6.42 Å². The topological polar surface area (TPSA) is 30.5 Å². The third-order valence-electron chi connectivity index (χ3n) is 2.40. The van der Waals surface area contributed by atoms with Crippen LogP contribution in [0.15, 0.2) is 6.07 Å². The van der Waals surface area contributed by atoms with E-state index in [0.29, 0.717) is 10.8 Å². The third kappa shape index (κ3) is 0.907. The number of rotatable bonds is 0. The molecule has 3 nitrogen and oxygen atoms in total. The van der Waals surface area contributed by atoms with Crippen LogP contribution >= 0.6 is 11.6 Å². The molecule has 0 saturated carbocycles. The van der Waals surface area contributed by atoms with Gasteiger partial charge in [0.25, 0.3) is 0 Å². The molecule has 0 unspecified atom stereocenters. The predicted octanol–water partition coefficient (Wildman–Crippen LogP) is 2.04. The van der Waals surface area contributed by atoms with Crippen molar-refractivity contribution in [3.63, 3.8) is 0 Å². The molecule has 2 aliphatic rings. The van der Waals surface area contributed by atoms with Crippen LogP contribution in [0.3, 0.4) is 0 Å². The molecule has 2 heterocycles. The lowest BCUT2D eigenvalue weighted by atomic mass is 10.1. The molecule has 0 spiro atoms. The summed E-state index contributed by atoms with van der Waals surface area (Å²) < 4.78 is 10.5. The number of nitrogens with one attached hydrogen (secondary N) is 1. The lowest BCUT2D eigenvalue weighted by Gasteiger charge is -2.04. The molecular formula is C9H8ClNO2. The van der Waals surface area contributed by atoms with Crippen molar-refractivity contribution in [1.29, 1.82) is 0 Å². The molecule has 0 fully saturated rings. The summed E-state index contributed by atoms with van der Waals surface area (Å²) in [5.41, 5.74) is 2.22. The van der Waals surface area contributed by atoms with Crippen LogP contribution in [0.2, 0.25) is 5.02 Å². The van der Waals surface area contributed by atoms with Gasteiger partial charge in [-0.15, -0.1) is 0 Å². The number of hydrogen-bond donors (Lipinski definition) is 1. The van der Waals surface area contributed by atoms with Gasteiger partial charge < -0.3 is 14.8 Å². The van der Waals surface area contributed by atoms with E-state index in [9.17, 15) is 0 Å². The van der Waals surface area contributed by atoms with E-state index in [0.717, 1.165) is 30.0 Å². The van der Waals surface area contributed by atoms with Gasteiger partial charge in [0.05, 0.1) is 5.02 Å². The Bertz CT molecular complexity index is 346. The Kier molecular flexibility index (Phi) is 1.38. The number of anilines is 1. The normalized spacial score (nSPS) is 17.0. The minimum atomic E-state index is 0.276. The highest BCUT2D eigenvalue weighted by Crippen LogP contribution is 2.46. The second-order valence-corrected chi connectivity index (χ2v) is 3.51. The maximum atomic E-state index is 6.15. The highest BCUT2D eigenvalue weighted by Gasteiger charge is 2.25. The quantitative estimate of drug-likeness (QED) is 0.691. The zero-order chi connectivity index (χ0) is 8.84. The van der Waals surface area contributed by atoms with Crippen LogP contribution in [0.25, 0.3) is 0 Å². The first-order chi connectivity index (χ1) is 6.36. The Morgan fingerprint density at radius 3 is 3.23 bits per heavy atom. The molecule has 0 aliphatic carbocycles. The van der Waals surface area contributed by atoms with E-state index in [1.807, 2.05) is 6.07 Å². The first-order valence-electron chi connectivity index (χ1n) is 4.21. The van der Waals surface area contributed by atoms with Gasteiger partial charge in [-0.05, 0) is 12.0 Å². The Labute approximate surface area is 80.6 Å². The first kappa shape index (κ1) is 7.33. The van der Waals surface area contributed by atoms with Crippen LogP contribution in [0, 0.1) is 0 Å². The fraction of sp³-hybridized carbons (Fsp3) is 0.333. The molecule has 0 saturated heterocycles. The molecule has 1 N–H and O–H groups in total. The minimum absolute atomic E-state index is 0.276. The van der Waals surface area contributed by atoms with Crippen molar-refractivity contribution >= 4 is 17.3 Å². The van der Waals surface area contributed by atoms with Gasteiger partial charge in [-0.3, -0.25) is 0 Å². The van der Waals surface area contributed by atoms with Crippen LogP contribution < -0.4 is 14.8 Å². The summed E-state index contributed by atoms with van der Waals surface area (Å²) in [5.74, 6) is 1.45. The fourth-order valence-corrected chi connectivity index (χ4v) is 2.11. The van der Waals surface area contributed by atoms with Crippen molar-refractivity contribution in [1.82, 2.24) is 0 Å². The molecule has 13 heavy (non-hydrogen) atoms. The van der Waals surface area contributed by atoms with E-state index in [1.165, 1.54) is 0 Å². The highest BCUT2D eigenvalue weighted by molar-refractivity contribution is 6.33. The second kappa shape index (κ2) is 2.45. The number of fused-ring (bicyclic) bond motifs is 2. The number of halogens is 1. The molecular weight excluding hydrogens is 190 g/mol. The molecule has 4 heteroatoms. The Morgan fingerprint density at radius 2 is 2.31 bits per heavy atom. The van der Waals surface area contributed by atoms with Gasteiger partial charge in [0.2, 0.25) is 6.79 Å². The van der Waals surface area contributed by atoms with E-state index < -0.39 is 0 Å². The van der Waals surface area contributed by atoms with Crippen molar-refractivity contribution in [3.05, 3.63) is 16.7 Å². The van der Waals surface area contributed by atoms with Gasteiger partial charge in [0, 0.05) is 18.3 Å². The molecule has 3 rings (SSSR count).